The SMILES string of the molecule is COc1ccc(NC(=O)CC2Nc3ccccc3OC2=O)c(OC)c1. The summed E-state index contributed by atoms with van der Waals surface area (Å²) in [5.74, 6) is 0.718. The third-order valence-corrected chi connectivity index (χ3v) is 3.78. The first-order valence-electron chi connectivity index (χ1n) is 7.70. The molecule has 0 radical (unpaired) electrons. The smallest absolute Gasteiger partial charge is 0.334 e. The second-order valence-electron chi connectivity index (χ2n) is 5.43. The van der Waals surface area contributed by atoms with Crippen molar-refractivity contribution in [1.82, 2.24) is 0 Å². The molecule has 0 saturated carbocycles. The molecular formula is C18H18N2O5. The maximum absolute atomic E-state index is 12.3. The van der Waals surface area contributed by atoms with Crippen LogP contribution < -0.4 is 24.8 Å². The van der Waals surface area contributed by atoms with Gasteiger partial charge in [0, 0.05) is 6.07 Å². The molecule has 0 bridgehead atoms. The van der Waals surface area contributed by atoms with Gasteiger partial charge in [-0.15, -0.1) is 0 Å². The fourth-order valence-corrected chi connectivity index (χ4v) is 2.52. The molecular weight excluding hydrogens is 324 g/mol. The van der Waals surface area contributed by atoms with Gasteiger partial charge in [0.05, 0.1) is 32.0 Å². The predicted molar refractivity (Wildman–Crippen MR) is 92.3 cm³/mol. The van der Waals surface area contributed by atoms with Crippen molar-refractivity contribution < 1.29 is 23.8 Å². The molecule has 1 unspecified atom stereocenters. The highest BCUT2D eigenvalue weighted by molar-refractivity contribution is 5.97. The van der Waals surface area contributed by atoms with E-state index in [4.69, 9.17) is 14.2 Å². The van der Waals surface area contributed by atoms with Crippen LogP contribution in [0.3, 0.4) is 0 Å². The van der Waals surface area contributed by atoms with Gasteiger partial charge in [0.15, 0.2) is 5.75 Å². The summed E-state index contributed by atoms with van der Waals surface area (Å²) in [4.78, 5) is 24.4. The van der Waals surface area contributed by atoms with Crippen molar-refractivity contribution in [2.75, 3.05) is 24.9 Å². The molecule has 2 N–H and O–H groups in total. The Morgan fingerprint density at radius 3 is 2.76 bits per heavy atom. The second kappa shape index (κ2) is 7.12. The number of amides is 1. The lowest BCUT2D eigenvalue weighted by molar-refractivity contribution is -0.137. The quantitative estimate of drug-likeness (QED) is 0.641. The van der Waals surface area contributed by atoms with Crippen LogP contribution in [0.25, 0.3) is 0 Å². The van der Waals surface area contributed by atoms with E-state index in [1.165, 1.54) is 7.11 Å². The normalized spacial score (nSPS) is 15.4. The minimum absolute atomic E-state index is 0.0671. The molecule has 1 amide bonds. The topological polar surface area (TPSA) is 85.9 Å². The molecule has 3 rings (SSSR count). The van der Waals surface area contributed by atoms with Gasteiger partial charge in [0.2, 0.25) is 5.91 Å². The number of benzene rings is 2. The maximum Gasteiger partial charge on any atom is 0.334 e. The molecule has 0 aliphatic carbocycles. The first-order valence-corrected chi connectivity index (χ1v) is 7.70. The van der Waals surface area contributed by atoms with Gasteiger partial charge < -0.3 is 24.8 Å². The van der Waals surface area contributed by atoms with Crippen molar-refractivity contribution in [2.45, 2.75) is 12.5 Å². The highest BCUT2D eigenvalue weighted by Crippen LogP contribution is 2.31. The first kappa shape index (κ1) is 16.6. The van der Waals surface area contributed by atoms with Crippen LogP contribution in [0, 0.1) is 0 Å². The average molecular weight is 342 g/mol. The van der Waals surface area contributed by atoms with Crippen LogP contribution in [0.4, 0.5) is 11.4 Å². The number of methoxy groups -OCH3 is 2. The molecule has 0 fully saturated rings. The zero-order valence-electron chi connectivity index (χ0n) is 13.9. The van der Waals surface area contributed by atoms with Crippen LogP contribution in [0.15, 0.2) is 42.5 Å². The third-order valence-electron chi connectivity index (χ3n) is 3.78. The second-order valence-corrected chi connectivity index (χ2v) is 5.43. The van der Waals surface area contributed by atoms with Crippen LogP contribution >= 0.6 is 0 Å². The summed E-state index contributed by atoms with van der Waals surface area (Å²) in [7, 11) is 3.05. The summed E-state index contributed by atoms with van der Waals surface area (Å²) in [5, 5.41) is 5.76. The molecule has 2 aromatic carbocycles. The molecule has 7 heteroatoms. The summed E-state index contributed by atoms with van der Waals surface area (Å²) in [6, 6.07) is 11.4. The molecule has 130 valence electrons. The fourth-order valence-electron chi connectivity index (χ4n) is 2.52. The van der Waals surface area contributed by atoms with Gasteiger partial charge in [0.25, 0.3) is 0 Å². The number of para-hydroxylation sites is 2. The molecule has 0 saturated heterocycles. The highest BCUT2D eigenvalue weighted by Gasteiger charge is 2.29. The Hall–Kier alpha value is -3.22. The zero-order chi connectivity index (χ0) is 17.8. The van der Waals surface area contributed by atoms with E-state index in [1.54, 1.807) is 43.5 Å². The Kier molecular flexibility index (Phi) is 4.74. The Balaban J connectivity index is 1.68. The number of ether oxygens (including phenoxy) is 3. The number of hydrogen-bond acceptors (Lipinski definition) is 6. The molecule has 1 aliphatic heterocycles. The van der Waals surface area contributed by atoms with Crippen LogP contribution in [0.2, 0.25) is 0 Å². The molecule has 1 atom stereocenters. The van der Waals surface area contributed by atoms with Gasteiger partial charge in [-0.25, -0.2) is 4.79 Å². The largest absolute Gasteiger partial charge is 0.497 e. The van der Waals surface area contributed by atoms with Crippen molar-refractivity contribution in [3.8, 4) is 17.2 Å². The average Bonchev–Trinajstić information content (AvgIpc) is 2.62. The molecule has 7 nitrogen and oxygen atoms in total. The lowest BCUT2D eigenvalue weighted by Crippen LogP contribution is -2.39. The first-order chi connectivity index (χ1) is 12.1. The van der Waals surface area contributed by atoms with Crippen molar-refractivity contribution in [1.29, 1.82) is 0 Å². The summed E-state index contributed by atoms with van der Waals surface area (Å²) < 4.78 is 15.6. The van der Waals surface area contributed by atoms with Crippen molar-refractivity contribution in [3.05, 3.63) is 42.5 Å². The summed E-state index contributed by atoms with van der Waals surface area (Å²) in [6.45, 7) is 0. The number of nitrogens with one attached hydrogen (secondary N) is 2. The molecule has 0 spiro atoms. The minimum Gasteiger partial charge on any atom is -0.497 e. The lowest BCUT2D eigenvalue weighted by atomic mass is 10.1. The van der Waals surface area contributed by atoms with Crippen molar-refractivity contribution in [2.24, 2.45) is 0 Å². The number of hydrogen-bond donors (Lipinski definition) is 2. The van der Waals surface area contributed by atoms with Gasteiger partial charge in [-0.05, 0) is 24.3 Å². The number of rotatable bonds is 5. The van der Waals surface area contributed by atoms with Crippen LogP contribution in [-0.2, 0) is 9.59 Å². The van der Waals surface area contributed by atoms with E-state index in [1.807, 2.05) is 6.07 Å². The van der Waals surface area contributed by atoms with Crippen LogP contribution in [0.1, 0.15) is 6.42 Å². The Morgan fingerprint density at radius 1 is 1.20 bits per heavy atom. The third kappa shape index (κ3) is 3.65. The van der Waals surface area contributed by atoms with E-state index in [2.05, 4.69) is 10.6 Å². The highest BCUT2D eigenvalue weighted by atomic mass is 16.5. The molecule has 0 aromatic heterocycles. The van der Waals surface area contributed by atoms with E-state index in [0.29, 0.717) is 28.6 Å². The maximum atomic E-state index is 12.3. The Labute approximate surface area is 144 Å². The van der Waals surface area contributed by atoms with Crippen LogP contribution in [0.5, 0.6) is 17.2 Å². The molecule has 1 heterocycles. The minimum atomic E-state index is -0.751. The van der Waals surface area contributed by atoms with Crippen molar-refractivity contribution in [3.63, 3.8) is 0 Å². The van der Waals surface area contributed by atoms with E-state index in [-0.39, 0.29) is 12.3 Å². The number of anilines is 2. The molecule has 25 heavy (non-hydrogen) atoms. The summed E-state index contributed by atoms with van der Waals surface area (Å²) in [5.41, 5.74) is 1.18. The summed E-state index contributed by atoms with van der Waals surface area (Å²) >= 11 is 0. The zero-order valence-corrected chi connectivity index (χ0v) is 13.9. The lowest BCUT2D eigenvalue weighted by Gasteiger charge is -2.25. The number of fused-ring (bicyclic) bond motifs is 1. The fraction of sp³-hybridized carbons (Fsp3) is 0.222. The van der Waals surface area contributed by atoms with E-state index in [0.717, 1.165) is 0 Å². The van der Waals surface area contributed by atoms with E-state index < -0.39 is 12.0 Å². The van der Waals surface area contributed by atoms with Gasteiger partial charge in [-0.2, -0.15) is 0 Å². The number of carbonyl (C=O) groups excluding carboxylic acids is 2. The van der Waals surface area contributed by atoms with Gasteiger partial charge in [0.1, 0.15) is 17.5 Å². The van der Waals surface area contributed by atoms with Crippen LogP contribution in [-0.4, -0.2) is 32.1 Å². The number of carbonyl (C=O) groups is 2. The molecule has 1 aliphatic rings. The predicted octanol–water partition coefficient (Wildman–Crippen LogP) is 2.43. The van der Waals surface area contributed by atoms with Gasteiger partial charge in [-0.1, -0.05) is 12.1 Å². The van der Waals surface area contributed by atoms with Gasteiger partial charge in [-0.3, -0.25) is 4.79 Å². The van der Waals surface area contributed by atoms with Crippen molar-refractivity contribution >= 4 is 23.3 Å². The standard InChI is InChI=1S/C18H18N2O5/c1-23-11-7-8-13(16(9-11)24-2)20-17(21)10-14-18(22)25-15-6-4-3-5-12(15)19-14/h3-9,14,19H,10H2,1-2H3,(H,20,21). The molecule has 2 aromatic rings. The monoisotopic (exact) mass is 342 g/mol. The van der Waals surface area contributed by atoms with E-state index >= 15 is 0 Å². The Morgan fingerprint density at radius 2 is 2.00 bits per heavy atom. The van der Waals surface area contributed by atoms with E-state index in [9.17, 15) is 9.59 Å². The number of esters is 1. The Bertz CT molecular complexity index is 806. The van der Waals surface area contributed by atoms with Gasteiger partial charge >= 0.3 is 5.97 Å². The summed E-state index contributed by atoms with van der Waals surface area (Å²) in [6.07, 6.45) is -0.0671.